The highest BCUT2D eigenvalue weighted by molar-refractivity contribution is 5.75. The number of nitrogens with zero attached hydrogens (tertiary/aromatic N) is 1. The van der Waals surface area contributed by atoms with Gasteiger partial charge in [-0.3, -0.25) is 4.79 Å². The Morgan fingerprint density at radius 2 is 2.00 bits per heavy atom. The van der Waals surface area contributed by atoms with Gasteiger partial charge in [-0.2, -0.15) is 0 Å². The Balaban J connectivity index is 3.62. The Morgan fingerprint density at radius 3 is 2.43 bits per heavy atom. The van der Waals surface area contributed by atoms with Crippen LogP contribution in [0.4, 0.5) is 0 Å². The molecule has 4 nitrogen and oxygen atoms in total. The SMILES string of the molecule is CC(C)C[C@H](N)C(=O)OCCN(C)C. The number of hydrogen-bond donors (Lipinski definition) is 1. The normalized spacial score (nSPS) is 13.4. The maximum Gasteiger partial charge on any atom is 0.322 e. The van der Waals surface area contributed by atoms with Crippen molar-refractivity contribution < 1.29 is 9.53 Å². The zero-order chi connectivity index (χ0) is 11.1. The van der Waals surface area contributed by atoms with E-state index in [0.717, 1.165) is 6.54 Å². The molecule has 0 heterocycles. The predicted octanol–water partition coefficient (Wildman–Crippen LogP) is 0.465. The van der Waals surface area contributed by atoms with Crippen molar-refractivity contribution in [2.24, 2.45) is 11.7 Å². The molecule has 0 aromatic heterocycles. The van der Waals surface area contributed by atoms with Crippen molar-refractivity contribution in [3.63, 3.8) is 0 Å². The molecule has 0 unspecified atom stereocenters. The van der Waals surface area contributed by atoms with Gasteiger partial charge in [0.1, 0.15) is 12.6 Å². The standard InChI is InChI=1S/C10H22N2O2/c1-8(2)7-9(11)10(13)14-6-5-12(3)4/h8-9H,5-7,11H2,1-4H3/t9-/m0/s1. The molecular weight excluding hydrogens is 180 g/mol. The summed E-state index contributed by atoms with van der Waals surface area (Å²) in [5.41, 5.74) is 5.65. The second kappa shape index (κ2) is 6.79. The summed E-state index contributed by atoms with van der Waals surface area (Å²) in [4.78, 5) is 13.3. The molecule has 0 amide bonds. The average molecular weight is 202 g/mol. The van der Waals surface area contributed by atoms with Crippen molar-refractivity contribution in [3.8, 4) is 0 Å². The molecular formula is C10H22N2O2. The zero-order valence-electron chi connectivity index (χ0n) is 9.62. The van der Waals surface area contributed by atoms with Crippen LogP contribution in [0.1, 0.15) is 20.3 Å². The fourth-order valence-corrected chi connectivity index (χ4v) is 1.04. The molecule has 0 aliphatic heterocycles. The van der Waals surface area contributed by atoms with E-state index in [-0.39, 0.29) is 5.97 Å². The summed E-state index contributed by atoms with van der Waals surface area (Å²) < 4.78 is 5.01. The van der Waals surface area contributed by atoms with Crippen LogP contribution in [0.15, 0.2) is 0 Å². The molecule has 0 aromatic rings. The Kier molecular flexibility index (Phi) is 6.49. The fourth-order valence-electron chi connectivity index (χ4n) is 1.04. The lowest BCUT2D eigenvalue weighted by atomic mass is 10.1. The van der Waals surface area contributed by atoms with Gasteiger partial charge in [-0.15, -0.1) is 0 Å². The number of carbonyl (C=O) groups excluding carboxylic acids is 1. The number of nitrogens with two attached hydrogens (primary N) is 1. The van der Waals surface area contributed by atoms with Gasteiger partial charge < -0.3 is 15.4 Å². The summed E-state index contributed by atoms with van der Waals surface area (Å²) in [7, 11) is 3.86. The third-order valence-corrected chi connectivity index (χ3v) is 1.81. The Hall–Kier alpha value is -0.610. The number of likely N-dealkylation sites (N-methyl/N-ethyl adjacent to an activating group) is 1. The lowest BCUT2D eigenvalue weighted by Crippen LogP contribution is -2.34. The number of carbonyl (C=O) groups is 1. The second-order valence-electron chi connectivity index (χ2n) is 4.21. The molecule has 4 heteroatoms. The molecule has 0 radical (unpaired) electrons. The lowest BCUT2D eigenvalue weighted by molar-refractivity contribution is -0.145. The molecule has 0 aromatic carbocycles. The van der Waals surface area contributed by atoms with Gasteiger partial charge in [0.15, 0.2) is 0 Å². The van der Waals surface area contributed by atoms with Crippen LogP contribution in [-0.4, -0.2) is 44.2 Å². The van der Waals surface area contributed by atoms with Crippen molar-refractivity contribution >= 4 is 5.97 Å². The van der Waals surface area contributed by atoms with Crippen LogP contribution in [0.2, 0.25) is 0 Å². The molecule has 0 fully saturated rings. The highest BCUT2D eigenvalue weighted by Crippen LogP contribution is 2.03. The molecule has 0 saturated heterocycles. The zero-order valence-corrected chi connectivity index (χ0v) is 9.62. The van der Waals surface area contributed by atoms with Gasteiger partial charge in [0.25, 0.3) is 0 Å². The minimum Gasteiger partial charge on any atom is -0.463 e. The molecule has 0 saturated carbocycles. The Morgan fingerprint density at radius 1 is 1.43 bits per heavy atom. The Labute approximate surface area is 86.4 Å². The minimum atomic E-state index is -0.475. The highest BCUT2D eigenvalue weighted by Gasteiger charge is 2.15. The van der Waals surface area contributed by atoms with E-state index in [9.17, 15) is 4.79 Å². The van der Waals surface area contributed by atoms with Gasteiger partial charge in [0, 0.05) is 6.54 Å². The summed E-state index contributed by atoms with van der Waals surface area (Å²) in [6.45, 7) is 5.22. The number of hydrogen-bond acceptors (Lipinski definition) is 4. The van der Waals surface area contributed by atoms with Gasteiger partial charge >= 0.3 is 5.97 Å². The van der Waals surface area contributed by atoms with Gasteiger partial charge in [-0.1, -0.05) is 13.8 Å². The summed E-state index contributed by atoms with van der Waals surface area (Å²) in [5, 5.41) is 0. The molecule has 84 valence electrons. The molecule has 0 rings (SSSR count). The summed E-state index contributed by atoms with van der Waals surface area (Å²) in [6, 6.07) is -0.475. The second-order valence-corrected chi connectivity index (χ2v) is 4.21. The lowest BCUT2D eigenvalue weighted by Gasteiger charge is -2.14. The fraction of sp³-hybridized carbons (Fsp3) is 0.900. The van der Waals surface area contributed by atoms with E-state index >= 15 is 0 Å². The first kappa shape index (κ1) is 13.4. The van der Waals surface area contributed by atoms with Crippen LogP contribution in [0, 0.1) is 5.92 Å². The van der Waals surface area contributed by atoms with Crippen LogP contribution < -0.4 is 5.73 Å². The maximum atomic E-state index is 11.3. The summed E-state index contributed by atoms with van der Waals surface area (Å²) in [5.74, 6) is 0.131. The Bertz CT molecular complexity index is 170. The first-order chi connectivity index (χ1) is 6.43. The molecule has 0 aliphatic rings. The molecule has 0 aliphatic carbocycles. The average Bonchev–Trinajstić information content (AvgIpc) is 2.01. The monoisotopic (exact) mass is 202 g/mol. The van der Waals surface area contributed by atoms with Crippen molar-refractivity contribution in [1.82, 2.24) is 4.90 Å². The summed E-state index contributed by atoms with van der Waals surface area (Å²) in [6.07, 6.45) is 0.681. The van der Waals surface area contributed by atoms with E-state index in [1.165, 1.54) is 0 Å². The van der Waals surface area contributed by atoms with Gasteiger partial charge in [0.05, 0.1) is 0 Å². The topological polar surface area (TPSA) is 55.6 Å². The first-order valence-corrected chi connectivity index (χ1v) is 5.00. The third-order valence-electron chi connectivity index (χ3n) is 1.81. The highest BCUT2D eigenvalue weighted by atomic mass is 16.5. The van der Waals surface area contributed by atoms with E-state index in [1.54, 1.807) is 0 Å². The van der Waals surface area contributed by atoms with E-state index in [1.807, 2.05) is 32.8 Å². The number of esters is 1. The molecule has 0 bridgehead atoms. The van der Waals surface area contributed by atoms with E-state index < -0.39 is 6.04 Å². The van der Waals surface area contributed by atoms with Crippen molar-refractivity contribution in [2.75, 3.05) is 27.2 Å². The van der Waals surface area contributed by atoms with Gasteiger partial charge in [-0.25, -0.2) is 0 Å². The minimum absolute atomic E-state index is 0.291. The number of rotatable bonds is 6. The smallest absolute Gasteiger partial charge is 0.322 e. The quantitative estimate of drug-likeness (QED) is 0.636. The first-order valence-electron chi connectivity index (χ1n) is 5.00. The molecule has 14 heavy (non-hydrogen) atoms. The van der Waals surface area contributed by atoms with E-state index in [0.29, 0.717) is 18.9 Å². The van der Waals surface area contributed by atoms with Crippen LogP contribution in [0.25, 0.3) is 0 Å². The molecule has 1 atom stereocenters. The van der Waals surface area contributed by atoms with E-state index in [2.05, 4.69) is 0 Å². The van der Waals surface area contributed by atoms with Gasteiger partial charge in [-0.05, 0) is 26.4 Å². The third kappa shape index (κ3) is 6.86. The maximum absolute atomic E-state index is 11.3. The molecule has 0 spiro atoms. The van der Waals surface area contributed by atoms with E-state index in [4.69, 9.17) is 10.5 Å². The predicted molar refractivity (Wildman–Crippen MR) is 56.9 cm³/mol. The van der Waals surface area contributed by atoms with Crippen molar-refractivity contribution in [1.29, 1.82) is 0 Å². The number of ether oxygens (including phenoxy) is 1. The van der Waals surface area contributed by atoms with Crippen molar-refractivity contribution in [3.05, 3.63) is 0 Å². The van der Waals surface area contributed by atoms with Gasteiger partial charge in [0.2, 0.25) is 0 Å². The molecule has 2 N–H and O–H groups in total. The van der Waals surface area contributed by atoms with Crippen LogP contribution in [0.3, 0.4) is 0 Å². The van der Waals surface area contributed by atoms with Crippen LogP contribution >= 0.6 is 0 Å². The summed E-state index contributed by atoms with van der Waals surface area (Å²) >= 11 is 0. The largest absolute Gasteiger partial charge is 0.463 e. The van der Waals surface area contributed by atoms with Crippen LogP contribution in [-0.2, 0) is 9.53 Å². The van der Waals surface area contributed by atoms with Crippen molar-refractivity contribution in [2.45, 2.75) is 26.3 Å². The van der Waals surface area contributed by atoms with Crippen LogP contribution in [0.5, 0.6) is 0 Å².